The summed E-state index contributed by atoms with van der Waals surface area (Å²) in [5.74, 6) is 1.95. The monoisotopic (exact) mass is 293 g/mol. The normalized spacial score (nSPS) is 12.8. The van der Waals surface area contributed by atoms with E-state index in [0.29, 0.717) is 6.04 Å². The van der Waals surface area contributed by atoms with Crippen molar-refractivity contribution in [2.75, 3.05) is 19.9 Å². The van der Waals surface area contributed by atoms with E-state index in [-0.39, 0.29) is 0 Å². The predicted molar refractivity (Wildman–Crippen MR) is 85.7 cm³/mol. The van der Waals surface area contributed by atoms with E-state index in [4.69, 9.17) is 4.74 Å². The molecule has 0 aliphatic carbocycles. The highest BCUT2D eigenvalue weighted by molar-refractivity contribution is 7.99. The lowest BCUT2D eigenvalue weighted by Gasteiger charge is -2.12. The molecular formula is C15H23N3OS. The number of nitrogens with zero attached hydrogens (tertiary/aromatic N) is 1. The van der Waals surface area contributed by atoms with Gasteiger partial charge < -0.3 is 15.0 Å². The lowest BCUT2D eigenvalue weighted by Crippen LogP contribution is -2.23. The van der Waals surface area contributed by atoms with E-state index in [9.17, 15) is 0 Å². The fourth-order valence-corrected chi connectivity index (χ4v) is 3.06. The van der Waals surface area contributed by atoms with Gasteiger partial charge in [0.1, 0.15) is 5.75 Å². The van der Waals surface area contributed by atoms with Gasteiger partial charge in [-0.25, -0.2) is 4.98 Å². The molecule has 0 radical (unpaired) electrons. The topological polar surface area (TPSA) is 49.9 Å². The van der Waals surface area contributed by atoms with E-state index in [2.05, 4.69) is 22.2 Å². The molecule has 0 fully saturated rings. The molecule has 2 aromatic rings. The first-order valence-corrected chi connectivity index (χ1v) is 8.09. The van der Waals surface area contributed by atoms with Crippen molar-refractivity contribution >= 4 is 22.8 Å². The van der Waals surface area contributed by atoms with Gasteiger partial charge in [-0.3, -0.25) is 0 Å². The molecule has 20 heavy (non-hydrogen) atoms. The first-order valence-electron chi connectivity index (χ1n) is 7.10. The molecule has 2 N–H and O–H groups in total. The molecule has 4 nitrogen and oxygen atoms in total. The summed E-state index contributed by atoms with van der Waals surface area (Å²) in [5.41, 5.74) is 2.03. The summed E-state index contributed by atoms with van der Waals surface area (Å²) in [6.07, 6.45) is 3.60. The fourth-order valence-electron chi connectivity index (χ4n) is 2.21. The largest absolute Gasteiger partial charge is 0.497 e. The summed E-state index contributed by atoms with van der Waals surface area (Å²) < 4.78 is 5.22. The highest BCUT2D eigenvalue weighted by Gasteiger charge is 2.06. The second kappa shape index (κ2) is 7.55. The van der Waals surface area contributed by atoms with E-state index in [1.165, 1.54) is 19.3 Å². The van der Waals surface area contributed by atoms with Crippen LogP contribution in [-0.4, -0.2) is 35.9 Å². The standard InChI is InChI=1S/C15H23N3OS/c1-4-11(16-2)6-5-9-20-15-17-13-8-7-12(19-3)10-14(13)18-15/h7-8,10-11,16H,4-6,9H2,1-3H3,(H,17,18). The lowest BCUT2D eigenvalue weighted by atomic mass is 10.1. The van der Waals surface area contributed by atoms with Gasteiger partial charge in [-0.1, -0.05) is 18.7 Å². The molecule has 1 aromatic carbocycles. The van der Waals surface area contributed by atoms with Crippen molar-refractivity contribution < 1.29 is 4.74 Å². The quantitative estimate of drug-likeness (QED) is 0.578. The van der Waals surface area contributed by atoms with E-state index in [0.717, 1.165) is 27.7 Å². The Hall–Kier alpha value is -1.20. The minimum atomic E-state index is 0.635. The molecular weight excluding hydrogens is 270 g/mol. The molecule has 0 aliphatic heterocycles. The Morgan fingerprint density at radius 2 is 2.30 bits per heavy atom. The molecule has 0 aliphatic rings. The highest BCUT2D eigenvalue weighted by atomic mass is 32.2. The third-order valence-corrected chi connectivity index (χ3v) is 4.46. The number of methoxy groups -OCH3 is 1. The second-order valence-corrected chi connectivity index (χ2v) is 5.89. The maximum absolute atomic E-state index is 5.22. The Morgan fingerprint density at radius 1 is 1.45 bits per heavy atom. The number of ether oxygens (including phenoxy) is 1. The van der Waals surface area contributed by atoms with Crippen LogP contribution in [0.5, 0.6) is 5.75 Å². The van der Waals surface area contributed by atoms with Crippen molar-refractivity contribution in [3.63, 3.8) is 0 Å². The van der Waals surface area contributed by atoms with Crippen LogP contribution < -0.4 is 10.1 Å². The zero-order valence-electron chi connectivity index (χ0n) is 12.4. The lowest BCUT2D eigenvalue weighted by molar-refractivity contribution is 0.415. The van der Waals surface area contributed by atoms with Gasteiger partial charge in [0.15, 0.2) is 5.16 Å². The molecule has 1 aromatic heterocycles. The van der Waals surface area contributed by atoms with Crippen LogP contribution in [-0.2, 0) is 0 Å². The van der Waals surface area contributed by atoms with Gasteiger partial charge in [0.2, 0.25) is 0 Å². The predicted octanol–water partition coefficient (Wildman–Crippen LogP) is 3.44. The summed E-state index contributed by atoms with van der Waals surface area (Å²) in [7, 11) is 3.72. The second-order valence-electron chi connectivity index (χ2n) is 4.81. The summed E-state index contributed by atoms with van der Waals surface area (Å²) >= 11 is 1.79. The number of H-pyrrole nitrogens is 1. The summed E-state index contributed by atoms with van der Waals surface area (Å²) in [6, 6.07) is 6.55. The van der Waals surface area contributed by atoms with Crippen LogP contribution in [0.1, 0.15) is 26.2 Å². The van der Waals surface area contributed by atoms with Crippen molar-refractivity contribution in [1.82, 2.24) is 15.3 Å². The van der Waals surface area contributed by atoms with Crippen LogP contribution in [0.25, 0.3) is 11.0 Å². The number of aromatic nitrogens is 2. The maximum atomic E-state index is 5.22. The number of imidazole rings is 1. The van der Waals surface area contributed by atoms with Crippen LogP contribution in [0.2, 0.25) is 0 Å². The van der Waals surface area contributed by atoms with E-state index in [1.54, 1.807) is 18.9 Å². The van der Waals surface area contributed by atoms with E-state index >= 15 is 0 Å². The Balaban J connectivity index is 1.87. The van der Waals surface area contributed by atoms with Crippen LogP contribution in [0.15, 0.2) is 23.4 Å². The molecule has 1 unspecified atom stereocenters. The van der Waals surface area contributed by atoms with Gasteiger partial charge in [0.25, 0.3) is 0 Å². The van der Waals surface area contributed by atoms with E-state index in [1.807, 2.05) is 25.2 Å². The number of hydrogen-bond acceptors (Lipinski definition) is 4. The minimum Gasteiger partial charge on any atom is -0.497 e. The highest BCUT2D eigenvalue weighted by Crippen LogP contribution is 2.23. The summed E-state index contributed by atoms with van der Waals surface area (Å²) in [6.45, 7) is 2.22. The van der Waals surface area contributed by atoms with Crippen LogP contribution in [0.3, 0.4) is 0 Å². The van der Waals surface area contributed by atoms with E-state index < -0.39 is 0 Å². The molecule has 5 heteroatoms. The van der Waals surface area contributed by atoms with Gasteiger partial charge in [-0.2, -0.15) is 0 Å². The van der Waals surface area contributed by atoms with Gasteiger partial charge in [-0.15, -0.1) is 0 Å². The smallest absolute Gasteiger partial charge is 0.166 e. The molecule has 1 heterocycles. The Kier molecular flexibility index (Phi) is 5.73. The Morgan fingerprint density at radius 3 is 3.00 bits per heavy atom. The molecule has 0 saturated heterocycles. The number of hydrogen-bond donors (Lipinski definition) is 2. The van der Waals surface area contributed by atoms with Crippen LogP contribution >= 0.6 is 11.8 Å². The Labute approximate surface area is 124 Å². The van der Waals surface area contributed by atoms with Crippen LogP contribution in [0.4, 0.5) is 0 Å². The summed E-state index contributed by atoms with van der Waals surface area (Å²) in [5, 5.41) is 4.33. The summed E-state index contributed by atoms with van der Waals surface area (Å²) in [4.78, 5) is 7.92. The molecule has 0 bridgehead atoms. The number of thioether (sulfide) groups is 1. The molecule has 0 spiro atoms. The molecule has 0 amide bonds. The zero-order valence-corrected chi connectivity index (χ0v) is 13.2. The van der Waals surface area contributed by atoms with Crippen molar-refractivity contribution in [1.29, 1.82) is 0 Å². The molecule has 110 valence electrons. The molecule has 1 atom stereocenters. The van der Waals surface area contributed by atoms with Gasteiger partial charge in [0, 0.05) is 17.9 Å². The van der Waals surface area contributed by atoms with Gasteiger partial charge in [0.05, 0.1) is 18.1 Å². The average molecular weight is 293 g/mol. The van der Waals surface area contributed by atoms with Crippen molar-refractivity contribution in [2.24, 2.45) is 0 Å². The molecule has 0 saturated carbocycles. The SMILES string of the molecule is CCC(CCCSc1nc2ccc(OC)cc2[nH]1)NC. The number of nitrogens with one attached hydrogen (secondary N) is 2. The van der Waals surface area contributed by atoms with Crippen molar-refractivity contribution in [2.45, 2.75) is 37.4 Å². The first-order chi connectivity index (χ1) is 9.76. The molecule has 2 rings (SSSR count). The Bertz CT molecular complexity index is 537. The third kappa shape index (κ3) is 3.90. The van der Waals surface area contributed by atoms with Crippen molar-refractivity contribution in [3.05, 3.63) is 18.2 Å². The number of aromatic amines is 1. The maximum Gasteiger partial charge on any atom is 0.166 e. The van der Waals surface area contributed by atoms with Gasteiger partial charge >= 0.3 is 0 Å². The van der Waals surface area contributed by atoms with Gasteiger partial charge in [-0.05, 0) is 38.4 Å². The first kappa shape index (κ1) is 15.2. The number of fused-ring (bicyclic) bond motifs is 1. The average Bonchev–Trinajstić information content (AvgIpc) is 2.89. The third-order valence-electron chi connectivity index (χ3n) is 3.50. The zero-order chi connectivity index (χ0) is 14.4. The van der Waals surface area contributed by atoms with Crippen LogP contribution in [0, 0.1) is 0 Å². The minimum absolute atomic E-state index is 0.635. The van der Waals surface area contributed by atoms with Crippen molar-refractivity contribution in [3.8, 4) is 5.75 Å². The number of benzene rings is 1. The number of rotatable bonds is 8. The fraction of sp³-hybridized carbons (Fsp3) is 0.533.